The summed E-state index contributed by atoms with van der Waals surface area (Å²) in [5, 5.41) is 87.6. The summed E-state index contributed by atoms with van der Waals surface area (Å²) >= 11 is 0. The molecule has 12 atom stereocenters. The quantitative estimate of drug-likeness (QED) is 0.0204. The Bertz CT molecular complexity index is 2030. The fourth-order valence-corrected chi connectivity index (χ4v) is 11.5. The molecule has 2 rings (SSSR count). The predicted molar refractivity (Wildman–Crippen MR) is 382 cm³/mol. The van der Waals surface area contributed by atoms with Crippen LogP contribution in [0.25, 0.3) is 0 Å². The first-order chi connectivity index (χ1) is 45.6. The van der Waals surface area contributed by atoms with E-state index in [0.29, 0.717) is 6.42 Å². The van der Waals surface area contributed by atoms with E-state index >= 15 is 0 Å². The maximum atomic E-state index is 13.4. The minimum atomic E-state index is -1.80. The molecule has 2 heterocycles. The molecule has 0 bridgehead atoms. The van der Waals surface area contributed by atoms with Crippen LogP contribution >= 0.6 is 0 Å². The number of hydrogen-bond acceptors (Lipinski definition) is 13. The van der Waals surface area contributed by atoms with E-state index in [0.717, 1.165) is 109 Å². The molecule has 0 aromatic carbocycles. The van der Waals surface area contributed by atoms with Gasteiger partial charge in [-0.25, -0.2) is 0 Å². The predicted octanol–water partition coefficient (Wildman–Crippen LogP) is 16.1. The summed E-state index contributed by atoms with van der Waals surface area (Å²) in [6.45, 7) is 2.69. The van der Waals surface area contributed by atoms with E-state index in [1.54, 1.807) is 6.08 Å². The normalized spacial score (nSPS) is 23.3. The van der Waals surface area contributed by atoms with Crippen molar-refractivity contribution in [3.63, 3.8) is 0 Å². The molecule has 0 radical (unpaired) electrons. The highest BCUT2D eigenvalue weighted by molar-refractivity contribution is 5.76. The number of hydrogen-bond donors (Lipinski definition) is 9. The van der Waals surface area contributed by atoms with E-state index in [-0.39, 0.29) is 18.9 Å². The molecule has 2 saturated heterocycles. The van der Waals surface area contributed by atoms with Crippen molar-refractivity contribution < 1.29 is 64.6 Å². The molecule has 0 aliphatic carbocycles. The van der Waals surface area contributed by atoms with Gasteiger partial charge < -0.3 is 65.1 Å². The SMILES string of the molecule is CC/C=C\C/C=C\C/C=C\C/C=C\C/C=C\C/C=C\C/C=C\C/C=C\C/C=C\CCCCCCCC(=O)NC(COC1OC(CO)C(OC2OC(CO)C(O)C(O)C2O)C(O)C1O)C(O)/C=C/CCCCCCCCCCCCCCCCCCCCCCCCCC. The molecule has 1 amide bonds. The van der Waals surface area contributed by atoms with Crippen LogP contribution in [0.15, 0.2) is 122 Å². The average molecular weight is 1310 g/mol. The minimum absolute atomic E-state index is 0.251. The molecule has 2 aliphatic rings. The lowest BCUT2D eigenvalue weighted by atomic mass is 9.97. The Hall–Kier alpha value is -3.61. The van der Waals surface area contributed by atoms with Gasteiger partial charge in [0.1, 0.15) is 48.8 Å². The summed E-state index contributed by atoms with van der Waals surface area (Å²) in [7, 11) is 0. The maximum Gasteiger partial charge on any atom is 0.220 e. The molecular weight excluding hydrogens is 1170 g/mol. The van der Waals surface area contributed by atoms with Gasteiger partial charge in [0.2, 0.25) is 5.91 Å². The first-order valence-corrected chi connectivity index (χ1v) is 37.3. The molecule has 93 heavy (non-hydrogen) atoms. The minimum Gasteiger partial charge on any atom is -0.394 e. The number of amides is 1. The molecule has 0 spiro atoms. The number of nitrogens with one attached hydrogen (secondary N) is 1. The molecule has 2 aliphatic heterocycles. The van der Waals surface area contributed by atoms with Crippen LogP contribution in [0.4, 0.5) is 0 Å². The van der Waals surface area contributed by atoms with Gasteiger partial charge in [-0.05, 0) is 89.9 Å². The lowest BCUT2D eigenvalue weighted by Gasteiger charge is -2.46. The second-order valence-corrected chi connectivity index (χ2v) is 25.7. The van der Waals surface area contributed by atoms with Crippen LogP contribution in [0.5, 0.6) is 0 Å². The number of carbonyl (C=O) groups is 1. The Kier molecular flexibility index (Phi) is 56.9. The second-order valence-electron chi connectivity index (χ2n) is 25.7. The van der Waals surface area contributed by atoms with E-state index in [9.17, 15) is 45.6 Å². The van der Waals surface area contributed by atoms with Crippen LogP contribution in [0.2, 0.25) is 0 Å². The summed E-state index contributed by atoms with van der Waals surface area (Å²) in [5.41, 5.74) is 0. The van der Waals surface area contributed by atoms with Crippen molar-refractivity contribution in [3.8, 4) is 0 Å². The van der Waals surface area contributed by atoms with Gasteiger partial charge in [0.05, 0.1) is 32.0 Å². The van der Waals surface area contributed by atoms with Gasteiger partial charge in [0, 0.05) is 6.42 Å². The molecular formula is C79H135NO13. The monoisotopic (exact) mass is 1310 g/mol. The third-order valence-electron chi connectivity index (χ3n) is 17.4. The Morgan fingerprint density at radius 2 is 0.742 bits per heavy atom. The molecule has 534 valence electrons. The largest absolute Gasteiger partial charge is 0.394 e. The summed E-state index contributed by atoms with van der Waals surface area (Å²) in [6, 6.07) is -0.936. The highest BCUT2D eigenvalue weighted by Crippen LogP contribution is 2.30. The third kappa shape index (κ3) is 45.5. The molecule has 0 aromatic rings. The number of rotatable bonds is 60. The average Bonchev–Trinajstić information content (AvgIpc) is 0.852. The topological polar surface area (TPSA) is 228 Å². The van der Waals surface area contributed by atoms with Gasteiger partial charge in [-0.1, -0.05) is 302 Å². The van der Waals surface area contributed by atoms with E-state index in [2.05, 4.69) is 129 Å². The third-order valence-corrected chi connectivity index (χ3v) is 17.4. The van der Waals surface area contributed by atoms with Crippen molar-refractivity contribution in [2.45, 2.75) is 351 Å². The molecule has 0 saturated carbocycles. The van der Waals surface area contributed by atoms with Crippen LogP contribution in [-0.4, -0.2) is 140 Å². The van der Waals surface area contributed by atoms with Gasteiger partial charge in [-0.3, -0.25) is 4.79 Å². The molecule has 9 N–H and O–H groups in total. The van der Waals surface area contributed by atoms with Crippen LogP contribution in [0, 0.1) is 0 Å². The lowest BCUT2D eigenvalue weighted by Crippen LogP contribution is -2.65. The number of aliphatic hydroxyl groups excluding tert-OH is 8. The van der Waals surface area contributed by atoms with Crippen molar-refractivity contribution in [1.82, 2.24) is 5.32 Å². The molecule has 14 nitrogen and oxygen atoms in total. The molecule has 2 fully saturated rings. The summed E-state index contributed by atoms with van der Waals surface area (Å²) in [5.74, 6) is -0.260. The summed E-state index contributed by atoms with van der Waals surface area (Å²) in [4.78, 5) is 13.4. The summed E-state index contributed by atoms with van der Waals surface area (Å²) in [6.07, 6.45) is 73.9. The number of allylic oxidation sites excluding steroid dienone is 19. The molecule has 14 heteroatoms. The zero-order valence-corrected chi connectivity index (χ0v) is 58.2. The van der Waals surface area contributed by atoms with Gasteiger partial charge in [-0.2, -0.15) is 0 Å². The van der Waals surface area contributed by atoms with Gasteiger partial charge in [-0.15, -0.1) is 0 Å². The number of aliphatic hydroxyl groups is 8. The van der Waals surface area contributed by atoms with Crippen LogP contribution in [-0.2, 0) is 23.7 Å². The lowest BCUT2D eigenvalue weighted by molar-refractivity contribution is -0.359. The Balaban J connectivity index is 1.69. The smallest absolute Gasteiger partial charge is 0.220 e. The fraction of sp³-hybridized carbons (Fsp3) is 0.734. The zero-order valence-electron chi connectivity index (χ0n) is 58.2. The van der Waals surface area contributed by atoms with E-state index in [4.69, 9.17) is 18.9 Å². The van der Waals surface area contributed by atoms with Crippen molar-refractivity contribution in [1.29, 1.82) is 0 Å². The maximum absolute atomic E-state index is 13.4. The van der Waals surface area contributed by atoms with Gasteiger partial charge >= 0.3 is 0 Å². The van der Waals surface area contributed by atoms with Crippen LogP contribution in [0.1, 0.15) is 277 Å². The van der Waals surface area contributed by atoms with Gasteiger partial charge in [0.15, 0.2) is 12.6 Å². The van der Waals surface area contributed by atoms with Crippen LogP contribution < -0.4 is 5.32 Å². The van der Waals surface area contributed by atoms with E-state index < -0.39 is 86.8 Å². The highest BCUT2D eigenvalue weighted by Gasteiger charge is 2.51. The van der Waals surface area contributed by atoms with Crippen LogP contribution in [0.3, 0.4) is 0 Å². The first kappa shape index (κ1) is 85.5. The van der Waals surface area contributed by atoms with E-state index in [1.807, 2.05) is 6.08 Å². The molecule has 12 unspecified atom stereocenters. The van der Waals surface area contributed by atoms with E-state index in [1.165, 1.54) is 141 Å². The van der Waals surface area contributed by atoms with Crippen molar-refractivity contribution in [3.05, 3.63) is 122 Å². The first-order valence-electron chi connectivity index (χ1n) is 37.3. The Labute approximate surface area is 565 Å². The second kappa shape index (κ2) is 61.9. The summed E-state index contributed by atoms with van der Waals surface area (Å²) < 4.78 is 22.9. The Morgan fingerprint density at radius 1 is 0.398 bits per heavy atom. The highest BCUT2D eigenvalue weighted by atomic mass is 16.7. The number of carbonyl (C=O) groups excluding carboxylic acids is 1. The van der Waals surface area contributed by atoms with Crippen molar-refractivity contribution >= 4 is 5.91 Å². The van der Waals surface area contributed by atoms with Crippen molar-refractivity contribution in [2.24, 2.45) is 0 Å². The number of ether oxygens (including phenoxy) is 4. The standard InChI is InChI=1S/C79H135NO13/c1-3-5-7-9-11-13-15-17-19-21-23-25-27-29-31-32-33-34-35-36-37-39-41-43-45-47-49-51-53-55-57-59-61-63-71(84)80-67(66-90-78-76(89)74(87)77(70(65-82)92-78)93-79-75(88)73(86)72(85)69(64-81)91-79)68(83)62-60-58-56-54-52-50-48-46-44-42-40-38-30-28-26-24-22-20-18-16-14-12-10-8-6-4-2/h5,7,11,13,17,19,23,25,29,31,33-34,36-37,41,43,47,49,60,62,67-70,72-79,81-83,85-89H,3-4,6,8-10,12,14-16,18,20-22,24,26-28,30,32,35,38-40,42,44-46,48,50-59,61,63-66H2,1-2H3,(H,80,84)/b7-5-,13-11-,19-17-,25-23-,31-29-,34-33-,37-36-,43-41-,49-47-,62-60+. The van der Waals surface area contributed by atoms with Crippen molar-refractivity contribution in [2.75, 3.05) is 19.8 Å². The molecule has 0 aromatic heterocycles. The number of unbranched alkanes of at least 4 members (excludes halogenated alkanes) is 29. The Morgan fingerprint density at radius 3 is 1.14 bits per heavy atom. The van der Waals surface area contributed by atoms with Gasteiger partial charge in [0.25, 0.3) is 0 Å². The fourth-order valence-electron chi connectivity index (χ4n) is 11.5. The zero-order chi connectivity index (χ0) is 67.3.